The summed E-state index contributed by atoms with van der Waals surface area (Å²) in [6.07, 6.45) is 0. The maximum absolute atomic E-state index is 13.4. The molecule has 1 aromatic rings. The average molecular weight is 313 g/mol. The van der Waals surface area contributed by atoms with Crippen LogP contribution in [-0.2, 0) is 0 Å². The van der Waals surface area contributed by atoms with Crippen LogP contribution >= 0.6 is 11.6 Å². The molecular weight excluding hydrogens is 299 g/mol. The fraction of sp³-hybridized carbons (Fsp3) is 0.462. The first-order valence-corrected chi connectivity index (χ1v) is 6.84. The highest BCUT2D eigenvalue weighted by Crippen LogP contribution is 2.33. The van der Waals surface area contributed by atoms with Crippen molar-refractivity contribution in [3.8, 4) is 6.07 Å². The molecule has 1 saturated heterocycles. The third-order valence-electron chi connectivity index (χ3n) is 3.60. The van der Waals surface area contributed by atoms with Crippen molar-refractivity contribution in [1.29, 1.82) is 5.26 Å². The lowest BCUT2D eigenvalue weighted by atomic mass is 10.2. The Morgan fingerprint density at radius 2 is 2.05 bits per heavy atom. The van der Waals surface area contributed by atoms with Crippen LogP contribution < -0.4 is 4.90 Å². The Kier molecular flexibility index (Phi) is 4.60. The zero-order valence-corrected chi connectivity index (χ0v) is 12.2. The molecule has 0 aromatic heterocycles. The summed E-state index contributed by atoms with van der Waals surface area (Å²) in [6, 6.07) is 4.11. The van der Waals surface area contributed by atoms with E-state index in [0.717, 1.165) is 6.07 Å². The summed E-state index contributed by atoms with van der Waals surface area (Å²) >= 11 is 5.73. The zero-order chi connectivity index (χ0) is 15.6. The molecule has 8 heteroatoms. The number of benzene rings is 1. The van der Waals surface area contributed by atoms with Gasteiger partial charge < -0.3 is 4.90 Å². The smallest absolute Gasteiger partial charge is 0.295 e. The summed E-state index contributed by atoms with van der Waals surface area (Å²) in [4.78, 5) is 14.2. The Bertz CT molecular complexity index is 597. The lowest BCUT2D eigenvalue weighted by molar-refractivity contribution is -0.384. The van der Waals surface area contributed by atoms with Crippen LogP contribution in [0.3, 0.4) is 0 Å². The molecule has 0 aliphatic carbocycles. The van der Waals surface area contributed by atoms with E-state index in [1.165, 1.54) is 6.07 Å². The number of halogens is 2. The van der Waals surface area contributed by atoms with Gasteiger partial charge >= 0.3 is 0 Å². The van der Waals surface area contributed by atoms with Crippen molar-refractivity contribution in [2.45, 2.75) is 13.0 Å². The number of hydrogen-bond acceptors (Lipinski definition) is 5. The Morgan fingerprint density at radius 3 is 2.57 bits per heavy atom. The van der Waals surface area contributed by atoms with E-state index in [9.17, 15) is 14.5 Å². The molecule has 1 atom stereocenters. The second-order valence-electron chi connectivity index (χ2n) is 4.84. The third-order valence-corrected chi connectivity index (χ3v) is 3.89. The summed E-state index contributed by atoms with van der Waals surface area (Å²) in [5, 5.41) is 19.8. The number of nitriles is 1. The molecule has 0 spiro atoms. The molecule has 21 heavy (non-hydrogen) atoms. The first-order chi connectivity index (χ1) is 9.93. The predicted molar refractivity (Wildman–Crippen MR) is 76.9 cm³/mol. The topological polar surface area (TPSA) is 73.4 Å². The summed E-state index contributed by atoms with van der Waals surface area (Å²) in [6.45, 7) is 4.08. The minimum atomic E-state index is -0.802. The second-order valence-corrected chi connectivity index (χ2v) is 5.25. The number of nitrogens with zero attached hydrogens (tertiary/aromatic N) is 4. The quantitative estimate of drug-likeness (QED) is 0.633. The highest BCUT2D eigenvalue weighted by atomic mass is 35.5. The Hall–Kier alpha value is -1.91. The number of rotatable bonds is 3. The fourth-order valence-corrected chi connectivity index (χ4v) is 2.52. The van der Waals surface area contributed by atoms with Crippen molar-refractivity contribution >= 4 is 23.0 Å². The highest BCUT2D eigenvalue weighted by Gasteiger charge is 2.27. The van der Waals surface area contributed by atoms with Crippen molar-refractivity contribution in [3.63, 3.8) is 0 Å². The van der Waals surface area contributed by atoms with Gasteiger partial charge in [0.15, 0.2) is 0 Å². The van der Waals surface area contributed by atoms with Gasteiger partial charge in [-0.15, -0.1) is 0 Å². The van der Waals surface area contributed by atoms with E-state index in [-0.39, 0.29) is 16.8 Å². The van der Waals surface area contributed by atoms with Crippen LogP contribution in [0.15, 0.2) is 12.1 Å². The molecule has 0 bridgehead atoms. The predicted octanol–water partition coefficient (Wildman–Crippen LogP) is 2.42. The van der Waals surface area contributed by atoms with Crippen LogP contribution in [-0.4, -0.2) is 42.0 Å². The lowest BCUT2D eigenvalue weighted by Gasteiger charge is -2.36. The van der Waals surface area contributed by atoms with E-state index in [2.05, 4.69) is 6.07 Å². The van der Waals surface area contributed by atoms with Gasteiger partial charge in [0.2, 0.25) is 0 Å². The fourth-order valence-electron chi connectivity index (χ4n) is 2.36. The van der Waals surface area contributed by atoms with Gasteiger partial charge in [0.05, 0.1) is 28.1 Å². The molecule has 0 saturated carbocycles. The van der Waals surface area contributed by atoms with Crippen LogP contribution in [0.5, 0.6) is 0 Å². The van der Waals surface area contributed by atoms with Crippen molar-refractivity contribution in [2.24, 2.45) is 0 Å². The minimum Gasteiger partial charge on any atom is -0.363 e. The number of nitro groups is 1. The van der Waals surface area contributed by atoms with Crippen LogP contribution in [0, 0.1) is 27.3 Å². The van der Waals surface area contributed by atoms with Crippen molar-refractivity contribution in [1.82, 2.24) is 4.90 Å². The van der Waals surface area contributed by atoms with Crippen molar-refractivity contribution < 1.29 is 9.31 Å². The van der Waals surface area contributed by atoms with Gasteiger partial charge in [-0.2, -0.15) is 5.26 Å². The Balaban J connectivity index is 2.22. The van der Waals surface area contributed by atoms with Gasteiger partial charge in [0, 0.05) is 26.2 Å². The molecule has 1 fully saturated rings. The van der Waals surface area contributed by atoms with Crippen LogP contribution in [0.2, 0.25) is 5.02 Å². The van der Waals surface area contributed by atoms with Crippen LogP contribution in [0.1, 0.15) is 6.92 Å². The summed E-state index contributed by atoms with van der Waals surface area (Å²) < 4.78 is 13.4. The maximum atomic E-state index is 13.4. The van der Waals surface area contributed by atoms with E-state index < -0.39 is 10.7 Å². The molecule has 6 nitrogen and oxygen atoms in total. The largest absolute Gasteiger partial charge is 0.363 e. The monoisotopic (exact) mass is 312 g/mol. The minimum absolute atomic E-state index is 0.136. The van der Waals surface area contributed by atoms with Crippen LogP contribution in [0.4, 0.5) is 15.8 Å². The molecule has 2 rings (SSSR count). The van der Waals surface area contributed by atoms with Gasteiger partial charge in [-0.1, -0.05) is 11.6 Å². The first kappa shape index (κ1) is 15.5. The van der Waals surface area contributed by atoms with Crippen molar-refractivity contribution in [3.05, 3.63) is 33.1 Å². The van der Waals surface area contributed by atoms with Crippen LogP contribution in [0.25, 0.3) is 0 Å². The number of hydrogen-bond donors (Lipinski definition) is 0. The first-order valence-electron chi connectivity index (χ1n) is 6.46. The highest BCUT2D eigenvalue weighted by molar-refractivity contribution is 6.31. The van der Waals surface area contributed by atoms with E-state index in [4.69, 9.17) is 16.9 Å². The molecule has 112 valence electrons. The lowest BCUT2D eigenvalue weighted by Crippen LogP contribution is -2.49. The molecule has 1 unspecified atom stereocenters. The van der Waals surface area contributed by atoms with Gasteiger partial charge in [-0.05, 0) is 13.0 Å². The van der Waals surface area contributed by atoms with E-state index in [1.54, 1.807) is 4.90 Å². The van der Waals surface area contributed by atoms with Crippen molar-refractivity contribution in [2.75, 3.05) is 31.1 Å². The summed E-state index contributed by atoms with van der Waals surface area (Å²) in [5.74, 6) is -0.802. The molecule has 1 heterocycles. The van der Waals surface area contributed by atoms with Gasteiger partial charge in [-0.3, -0.25) is 15.0 Å². The standard InChI is InChI=1S/C13H14ClFN4O2/c1-9(8-16)17-2-4-18(5-3-17)12-6-10(14)11(15)7-13(12)19(20)21/h6-7,9H,2-5H2,1H3. The van der Waals surface area contributed by atoms with Gasteiger partial charge in [-0.25, -0.2) is 4.39 Å². The van der Waals surface area contributed by atoms with E-state index in [1.807, 2.05) is 11.8 Å². The normalized spacial score (nSPS) is 17.3. The molecule has 1 aliphatic heterocycles. The van der Waals surface area contributed by atoms with E-state index in [0.29, 0.717) is 31.9 Å². The Labute approximate surface area is 126 Å². The molecular formula is C13H14ClFN4O2. The summed E-state index contributed by atoms with van der Waals surface area (Å²) in [7, 11) is 0. The number of anilines is 1. The van der Waals surface area contributed by atoms with E-state index >= 15 is 0 Å². The molecule has 0 amide bonds. The second kappa shape index (κ2) is 6.24. The molecule has 0 N–H and O–H groups in total. The number of nitro benzene ring substituents is 1. The van der Waals surface area contributed by atoms with Gasteiger partial charge in [0.25, 0.3) is 5.69 Å². The Morgan fingerprint density at radius 1 is 1.43 bits per heavy atom. The molecule has 0 radical (unpaired) electrons. The molecule has 1 aromatic carbocycles. The number of piperazine rings is 1. The average Bonchev–Trinajstić information content (AvgIpc) is 2.48. The SMILES string of the molecule is CC(C#N)N1CCN(c2cc(Cl)c(F)cc2[N+](=O)[O-])CC1. The molecule has 1 aliphatic rings. The van der Waals surface area contributed by atoms with Gasteiger partial charge in [0.1, 0.15) is 11.5 Å². The zero-order valence-electron chi connectivity index (χ0n) is 11.4. The summed E-state index contributed by atoms with van der Waals surface area (Å²) in [5.41, 5.74) is 0.0225. The maximum Gasteiger partial charge on any atom is 0.295 e. The third kappa shape index (κ3) is 3.23.